The first-order valence-electron chi connectivity index (χ1n) is 4.42. The first kappa shape index (κ1) is 11.7. The minimum absolute atomic E-state index is 0.403. The Morgan fingerprint density at radius 1 is 1.58 bits per heavy atom. The Kier molecular flexibility index (Phi) is 4.50. The molecule has 0 aliphatic heterocycles. The molecule has 0 saturated heterocycles. The predicted molar refractivity (Wildman–Crippen MR) is 51.0 cm³/mol. The molecule has 12 heavy (non-hydrogen) atoms. The molecule has 0 saturated carbocycles. The lowest BCUT2D eigenvalue weighted by molar-refractivity contribution is 0.00350. The Labute approximate surface area is 74.9 Å². The van der Waals surface area contributed by atoms with Crippen molar-refractivity contribution in [3.05, 3.63) is 12.2 Å². The predicted octanol–water partition coefficient (Wildman–Crippen LogP) is 1.86. The molecule has 0 bridgehead atoms. The summed E-state index contributed by atoms with van der Waals surface area (Å²) in [6.45, 7) is 9.25. The molecule has 0 spiro atoms. The third kappa shape index (κ3) is 5.33. The molecule has 0 aromatic heterocycles. The van der Waals surface area contributed by atoms with Crippen LogP contribution in [0.25, 0.3) is 0 Å². The van der Waals surface area contributed by atoms with Crippen LogP contribution in [0.15, 0.2) is 12.2 Å². The van der Waals surface area contributed by atoms with Gasteiger partial charge in [0.15, 0.2) is 0 Å². The summed E-state index contributed by atoms with van der Waals surface area (Å²) < 4.78 is 0. The van der Waals surface area contributed by atoms with E-state index >= 15 is 0 Å². The summed E-state index contributed by atoms with van der Waals surface area (Å²) in [6.07, 6.45) is 1.27. The summed E-state index contributed by atoms with van der Waals surface area (Å²) in [5, 5.41) is 19.1. The maximum atomic E-state index is 9.77. The zero-order valence-corrected chi connectivity index (χ0v) is 8.30. The van der Waals surface area contributed by atoms with Crippen LogP contribution < -0.4 is 0 Å². The van der Waals surface area contributed by atoms with Crippen molar-refractivity contribution in [1.29, 1.82) is 0 Å². The minimum Gasteiger partial charge on any atom is -0.393 e. The van der Waals surface area contributed by atoms with Gasteiger partial charge in [-0.05, 0) is 26.7 Å². The van der Waals surface area contributed by atoms with Crippen molar-refractivity contribution >= 4 is 0 Å². The fraction of sp³-hybridized carbons (Fsp3) is 0.800. The molecule has 2 nitrogen and oxygen atoms in total. The molecule has 2 heteroatoms. The fourth-order valence-corrected chi connectivity index (χ4v) is 1.37. The van der Waals surface area contributed by atoms with E-state index in [0.717, 1.165) is 5.57 Å². The molecule has 0 radical (unpaired) electrons. The molecule has 0 amide bonds. The Morgan fingerprint density at radius 2 is 2.08 bits per heavy atom. The van der Waals surface area contributed by atoms with Crippen LogP contribution in [0.5, 0.6) is 0 Å². The standard InChI is InChI=1S/C10H20O2/c1-5-9(11)7-10(4,12)6-8(2)3/h9,11-12H,2,5-7H2,1,3-4H3/t9-,10-/m0/s1. The number of hydrogen-bond donors (Lipinski definition) is 2. The number of hydrogen-bond acceptors (Lipinski definition) is 2. The normalized spacial score (nSPS) is 18.4. The lowest BCUT2D eigenvalue weighted by atomic mass is 9.91. The van der Waals surface area contributed by atoms with Crippen LogP contribution in [-0.4, -0.2) is 21.9 Å². The average molecular weight is 172 g/mol. The molecule has 0 aromatic carbocycles. The molecule has 0 unspecified atom stereocenters. The lowest BCUT2D eigenvalue weighted by Crippen LogP contribution is -2.29. The third-order valence-electron chi connectivity index (χ3n) is 1.83. The van der Waals surface area contributed by atoms with E-state index in [0.29, 0.717) is 19.3 Å². The summed E-state index contributed by atoms with van der Waals surface area (Å²) in [7, 11) is 0. The van der Waals surface area contributed by atoms with Crippen LogP contribution >= 0.6 is 0 Å². The molecule has 0 rings (SSSR count). The average Bonchev–Trinajstić information content (AvgIpc) is 1.83. The van der Waals surface area contributed by atoms with Gasteiger partial charge in [0.1, 0.15) is 0 Å². The molecule has 2 N–H and O–H groups in total. The second-order valence-corrected chi connectivity index (χ2v) is 3.90. The summed E-state index contributed by atoms with van der Waals surface area (Å²) in [5.74, 6) is 0. The number of aliphatic hydroxyl groups is 2. The van der Waals surface area contributed by atoms with Crippen molar-refractivity contribution < 1.29 is 10.2 Å². The molecule has 0 heterocycles. The fourth-order valence-electron chi connectivity index (χ4n) is 1.37. The van der Waals surface area contributed by atoms with Crippen molar-refractivity contribution in [3.63, 3.8) is 0 Å². The molecule has 0 fully saturated rings. The van der Waals surface area contributed by atoms with Gasteiger partial charge < -0.3 is 10.2 Å². The lowest BCUT2D eigenvalue weighted by Gasteiger charge is -2.25. The van der Waals surface area contributed by atoms with Gasteiger partial charge in [0.25, 0.3) is 0 Å². The summed E-state index contributed by atoms with van der Waals surface area (Å²) >= 11 is 0. The molecule has 0 aromatic rings. The zero-order chi connectivity index (χ0) is 9.78. The molecule has 72 valence electrons. The highest BCUT2D eigenvalue weighted by Crippen LogP contribution is 2.21. The Hall–Kier alpha value is -0.340. The smallest absolute Gasteiger partial charge is 0.0681 e. The number of rotatable bonds is 5. The molecular formula is C10H20O2. The van der Waals surface area contributed by atoms with Gasteiger partial charge in [-0.3, -0.25) is 0 Å². The van der Waals surface area contributed by atoms with Gasteiger partial charge in [-0.2, -0.15) is 0 Å². The molecule has 2 atom stereocenters. The zero-order valence-electron chi connectivity index (χ0n) is 8.30. The van der Waals surface area contributed by atoms with Gasteiger partial charge in [-0.15, -0.1) is 6.58 Å². The maximum absolute atomic E-state index is 9.77. The molecular weight excluding hydrogens is 152 g/mol. The molecule has 0 aliphatic rings. The van der Waals surface area contributed by atoms with E-state index in [9.17, 15) is 10.2 Å². The number of aliphatic hydroxyl groups excluding tert-OH is 1. The van der Waals surface area contributed by atoms with Crippen molar-refractivity contribution in [2.75, 3.05) is 0 Å². The Balaban J connectivity index is 3.94. The maximum Gasteiger partial charge on any atom is 0.0681 e. The summed E-state index contributed by atoms with van der Waals surface area (Å²) in [4.78, 5) is 0. The molecule has 0 aliphatic carbocycles. The Bertz CT molecular complexity index is 150. The van der Waals surface area contributed by atoms with E-state index in [-0.39, 0.29) is 0 Å². The highest BCUT2D eigenvalue weighted by Gasteiger charge is 2.23. The SMILES string of the molecule is C=C(C)C[C@](C)(O)C[C@@H](O)CC. The van der Waals surface area contributed by atoms with Gasteiger partial charge in [0, 0.05) is 6.42 Å². The van der Waals surface area contributed by atoms with E-state index in [1.54, 1.807) is 6.92 Å². The van der Waals surface area contributed by atoms with E-state index < -0.39 is 11.7 Å². The van der Waals surface area contributed by atoms with E-state index in [4.69, 9.17) is 0 Å². The summed E-state index contributed by atoms with van der Waals surface area (Å²) in [5.41, 5.74) is 0.143. The minimum atomic E-state index is -0.804. The van der Waals surface area contributed by atoms with Crippen molar-refractivity contribution in [3.8, 4) is 0 Å². The second kappa shape index (κ2) is 4.63. The van der Waals surface area contributed by atoms with E-state index in [1.165, 1.54) is 0 Å². The van der Waals surface area contributed by atoms with Gasteiger partial charge in [0.05, 0.1) is 11.7 Å². The first-order valence-corrected chi connectivity index (χ1v) is 4.42. The highest BCUT2D eigenvalue weighted by atomic mass is 16.3. The van der Waals surface area contributed by atoms with E-state index in [2.05, 4.69) is 6.58 Å². The van der Waals surface area contributed by atoms with Gasteiger partial charge >= 0.3 is 0 Å². The van der Waals surface area contributed by atoms with Crippen molar-refractivity contribution in [1.82, 2.24) is 0 Å². The topological polar surface area (TPSA) is 40.5 Å². The van der Waals surface area contributed by atoms with E-state index in [1.807, 2.05) is 13.8 Å². The van der Waals surface area contributed by atoms with Crippen LogP contribution in [0.1, 0.15) is 40.0 Å². The summed E-state index contributed by atoms with van der Waals surface area (Å²) in [6, 6.07) is 0. The van der Waals surface area contributed by atoms with Gasteiger partial charge in [0.2, 0.25) is 0 Å². The third-order valence-corrected chi connectivity index (χ3v) is 1.83. The van der Waals surface area contributed by atoms with Crippen LogP contribution in [0.4, 0.5) is 0 Å². The monoisotopic (exact) mass is 172 g/mol. The first-order chi connectivity index (χ1) is 5.37. The van der Waals surface area contributed by atoms with Crippen LogP contribution in [0.3, 0.4) is 0 Å². The second-order valence-electron chi connectivity index (χ2n) is 3.90. The van der Waals surface area contributed by atoms with Gasteiger partial charge in [-0.25, -0.2) is 0 Å². The van der Waals surface area contributed by atoms with Crippen LogP contribution in [0.2, 0.25) is 0 Å². The van der Waals surface area contributed by atoms with Crippen LogP contribution in [-0.2, 0) is 0 Å². The van der Waals surface area contributed by atoms with Gasteiger partial charge in [-0.1, -0.05) is 12.5 Å². The Morgan fingerprint density at radius 3 is 2.42 bits per heavy atom. The van der Waals surface area contributed by atoms with Crippen molar-refractivity contribution in [2.45, 2.75) is 51.7 Å². The van der Waals surface area contributed by atoms with Crippen molar-refractivity contribution in [2.24, 2.45) is 0 Å². The quantitative estimate of drug-likeness (QED) is 0.621. The largest absolute Gasteiger partial charge is 0.393 e. The van der Waals surface area contributed by atoms with Crippen LogP contribution in [0, 0.1) is 0 Å². The highest BCUT2D eigenvalue weighted by molar-refractivity contribution is 4.96.